The highest BCUT2D eigenvalue weighted by molar-refractivity contribution is 5.87. The first-order chi connectivity index (χ1) is 9.07. The predicted octanol–water partition coefficient (Wildman–Crippen LogP) is -0.0941. The van der Waals surface area contributed by atoms with E-state index in [9.17, 15) is 9.59 Å². The van der Waals surface area contributed by atoms with Gasteiger partial charge >= 0.3 is 5.97 Å². The van der Waals surface area contributed by atoms with E-state index in [1.165, 1.54) is 0 Å². The Morgan fingerprint density at radius 3 is 2.95 bits per heavy atom. The molecule has 0 saturated carbocycles. The molecule has 2 rings (SSSR count). The number of carbonyl (C=O) groups is 2. The third kappa shape index (κ3) is 3.06. The quantitative estimate of drug-likeness (QED) is 0.725. The van der Waals surface area contributed by atoms with Crippen LogP contribution in [0, 0.1) is 5.92 Å². The molecule has 0 aliphatic carbocycles. The summed E-state index contributed by atoms with van der Waals surface area (Å²) in [6.45, 7) is 4.03. The number of likely N-dealkylation sites (tertiary alicyclic amines) is 1. The van der Waals surface area contributed by atoms with Crippen molar-refractivity contribution in [2.75, 3.05) is 32.9 Å². The summed E-state index contributed by atoms with van der Waals surface area (Å²) in [4.78, 5) is 25.9. The Morgan fingerprint density at radius 1 is 1.53 bits per heavy atom. The van der Waals surface area contributed by atoms with Gasteiger partial charge in [0.15, 0.2) is 0 Å². The van der Waals surface area contributed by atoms with Crippen LogP contribution in [-0.2, 0) is 19.1 Å². The van der Waals surface area contributed by atoms with Crippen LogP contribution in [0.4, 0.5) is 0 Å². The average Bonchev–Trinajstić information content (AvgIpc) is 2.86. The Bertz CT molecular complexity index is 353. The van der Waals surface area contributed by atoms with Gasteiger partial charge in [0.2, 0.25) is 5.91 Å². The standard InChI is InChI=1S/C13H22N2O4/c1-2-19-11(16)10-4-3-6-15(8-10)12(17)13(14)5-7-18-9-13/h10H,2-9,14H2,1H3. The molecule has 2 N–H and O–H groups in total. The van der Waals surface area contributed by atoms with Gasteiger partial charge in [0, 0.05) is 19.7 Å². The van der Waals surface area contributed by atoms with Crippen LogP contribution in [0.3, 0.4) is 0 Å². The maximum Gasteiger partial charge on any atom is 0.310 e. The molecule has 6 nitrogen and oxygen atoms in total. The highest BCUT2D eigenvalue weighted by Gasteiger charge is 2.42. The lowest BCUT2D eigenvalue weighted by Gasteiger charge is -2.36. The molecule has 0 bridgehead atoms. The zero-order chi connectivity index (χ0) is 13.9. The maximum absolute atomic E-state index is 12.4. The predicted molar refractivity (Wildman–Crippen MR) is 68.3 cm³/mol. The molecule has 0 radical (unpaired) electrons. The zero-order valence-corrected chi connectivity index (χ0v) is 11.4. The normalized spacial score (nSPS) is 31.3. The van der Waals surface area contributed by atoms with Crippen molar-refractivity contribution in [3.63, 3.8) is 0 Å². The summed E-state index contributed by atoms with van der Waals surface area (Å²) in [7, 11) is 0. The number of ether oxygens (including phenoxy) is 2. The molecule has 0 aromatic heterocycles. The lowest BCUT2D eigenvalue weighted by molar-refractivity contribution is -0.152. The maximum atomic E-state index is 12.4. The van der Waals surface area contributed by atoms with Gasteiger partial charge in [-0.1, -0.05) is 0 Å². The number of hydrogen-bond donors (Lipinski definition) is 1. The molecular weight excluding hydrogens is 248 g/mol. The van der Waals surface area contributed by atoms with Gasteiger partial charge in [-0.2, -0.15) is 0 Å². The zero-order valence-electron chi connectivity index (χ0n) is 11.4. The topological polar surface area (TPSA) is 81.9 Å². The fourth-order valence-corrected chi connectivity index (χ4v) is 2.68. The average molecular weight is 270 g/mol. The third-order valence-corrected chi connectivity index (χ3v) is 3.81. The van der Waals surface area contributed by atoms with E-state index in [4.69, 9.17) is 15.2 Å². The summed E-state index contributed by atoms with van der Waals surface area (Å²) >= 11 is 0. The van der Waals surface area contributed by atoms with Gasteiger partial charge in [0.05, 0.1) is 19.1 Å². The van der Waals surface area contributed by atoms with Crippen molar-refractivity contribution in [2.45, 2.75) is 31.7 Å². The van der Waals surface area contributed by atoms with Crippen LogP contribution < -0.4 is 5.73 Å². The molecule has 0 spiro atoms. The van der Waals surface area contributed by atoms with Gasteiger partial charge in [-0.3, -0.25) is 9.59 Å². The number of esters is 1. The minimum absolute atomic E-state index is 0.0981. The summed E-state index contributed by atoms with van der Waals surface area (Å²) in [6, 6.07) is 0. The Labute approximate surface area is 113 Å². The number of amides is 1. The van der Waals surface area contributed by atoms with Gasteiger partial charge in [-0.15, -0.1) is 0 Å². The lowest BCUT2D eigenvalue weighted by Crippen LogP contribution is -2.58. The molecule has 1 amide bonds. The molecule has 0 aromatic rings. The highest BCUT2D eigenvalue weighted by atomic mass is 16.5. The number of rotatable bonds is 3. The molecular formula is C13H22N2O4. The molecule has 108 valence electrons. The van der Waals surface area contributed by atoms with Crippen molar-refractivity contribution < 1.29 is 19.1 Å². The molecule has 2 heterocycles. The van der Waals surface area contributed by atoms with Crippen LogP contribution in [0.5, 0.6) is 0 Å². The molecule has 2 saturated heterocycles. The van der Waals surface area contributed by atoms with Crippen LogP contribution in [0.25, 0.3) is 0 Å². The Hall–Kier alpha value is -1.14. The first-order valence-electron chi connectivity index (χ1n) is 6.89. The third-order valence-electron chi connectivity index (χ3n) is 3.81. The molecule has 2 atom stereocenters. The summed E-state index contributed by atoms with van der Waals surface area (Å²) in [6.07, 6.45) is 2.13. The van der Waals surface area contributed by atoms with Gasteiger partial charge in [0.1, 0.15) is 5.54 Å². The van der Waals surface area contributed by atoms with Gasteiger partial charge in [-0.05, 0) is 26.2 Å². The minimum Gasteiger partial charge on any atom is -0.466 e. The Balaban J connectivity index is 1.97. The van der Waals surface area contributed by atoms with Crippen LogP contribution in [0.2, 0.25) is 0 Å². The van der Waals surface area contributed by atoms with Gasteiger partial charge in [0.25, 0.3) is 0 Å². The highest BCUT2D eigenvalue weighted by Crippen LogP contribution is 2.24. The minimum atomic E-state index is -0.906. The fraction of sp³-hybridized carbons (Fsp3) is 0.846. The summed E-state index contributed by atoms with van der Waals surface area (Å²) in [5, 5.41) is 0. The van der Waals surface area contributed by atoms with Crippen molar-refractivity contribution in [2.24, 2.45) is 11.7 Å². The largest absolute Gasteiger partial charge is 0.466 e. The van der Waals surface area contributed by atoms with Crippen LogP contribution in [0.15, 0.2) is 0 Å². The first-order valence-corrected chi connectivity index (χ1v) is 6.89. The van der Waals surface area contributed by atoms with E-state index >= 15 is 0 Å². The lowest BCUT2D eigenvalue weighted by atomic mass is 9.93. The van der Waals surface area contributed by atoms with E-state index in [-0.39, 0.29) is 24.4 Å². The number of carbonyl (C=O) groups excluding carboxylic acids is 2. The second-order valence-electron chi connectivity index (χ2n) is 5.30. The number of hydrogen-bond acceptors (Lipinski definition) is 5. The molecule has 2 aliphatic heterocycles. The number of nitrogens with two attached hydrogens (primary N) is 1. The van der Waals surface area contributed by atoms with Crippen molar-refractivity contribution >= 4 is 11.9 Å². The van der Waals surface area contributed by atoms with Crippen LogP contribution >= 0.6 is 0 Å². The van der Waals surface area contributed by atoms with E-state index in [0.717, 1.165) is 12.8 Å². The van der Waals surface area contributed by atoms with Crippen LogP contribution in [-0.4, -0.2) is 55.2 Å². The van der Waals surface area contributed by atoms with E-state index < -0.39 is 5.54 Å². The van der Waals surface area contributed by atoms with E-state index in [2.05, 4.69) is 0 Å². The molecule has 6 heteroatoms. The number of piperidine rings is 1. The molecule has 2 aliphatic rings. The van der Waals surface area contributed by atoms with Crippen LogP contribution in [0.1, 0.15) is 26.2 Å². The fourth-order valence-electron chi connectivity index (χ4n) is 2.68. The van der Waals surface area contributed by atoms with Gasteiger partial charge < -0.3 is 20.1 Å². The summed E-state index contributed by atoms with van der Waals surface area (Å²) in [5.74, 6) is -0.531. The summed E-state index contributed by atoms with van der Waals surface area (Å²) in [5.41, 5.74) is 5.18. The Kier molecular flexibility index (Phi) is 4.42. The molecule has 2 unspecified atom stereocenters. The second kappa shape index (κ2) is 5.88. The van der Waals surface area contributed by atoms with Crippen molar-refractivity contribution in [1.29, 1.82) is 0 Å². The number of nitrogens with zero attached hydrogens (tertiary/aromatic N) is 1. The van der Waals surface area contributed by atoms with Crippen molar-refractivity contribution in [3.8, 4) is 0 Å². The van der Waals surface area contributed by atoms with E-state index in [1.807, 2.05) is 0 Å². The Morgan fingerprint density at radius 2 is 2.32 bits per heavy atom. The SMILES string of the molecule is CCOC(=O)C1CCCN(C(=O)C2(N)CCOC2)C1. The molecule has 2 fully saturated rings. The first kappa shape index (κ1) is 14.3. The van der Waals surface area contributed by atoms with Gasteiger partial charge in [-0.25, -0.2) is 0 Å². The van der Waals surface area contributed by atoms with Crippen molar-refractivity contribution in [1.82, 2.24) is 4.90 Å². The van der Waals surface area contributed by atoms with Crippen molar-refractivity contribution in [3.05, 3.63) is 0 Å². The molecule has 19 heavy (non-hydrogen) atoms. The van der Waals surface area contributed by atoms with E-state index in [1.54, 1.807) is 11.8 Å². The van der Waals surface area contributed by atoms with E-state index in [0.29, 0.717) is 32.7 Å². The molecule has 0 aromatic carbocycles. The summed E-state index contributed by atoms with van der Waals surface area (Å²) < 4.78 is 10.2. The smallest absolute Gasteiger partial charge is 0.310 e. The second-order valence-corrected chi connectivity index (χ2v) is 5.30. The monoisotopic (exact) mass is 270 g/mol.